The molecule has 0 heterocycles. The minimum absolute atomic E-state index is 0. The third-order valence-electron chi connectivity index (χ3n) is 4.13. The van der Waals surface area contributed by atoms with Gasteiger partial charge in [0.2, 0.25) is 5.91 Å². The second-order valence-corrected chi connectivity index (χ2v) is 5.70. The van der Waals surface area contributed by atoms with Crippen LogP contribution >= 0.6 is 12.4 Å². The van der Waals surface area contributed by atoms with Gasteiger partial charge in [0.15, 0.2) is 0 Å². The monoisotopic (exact) mass is 340 g/mol. The Hall–Kier alpha value is -1.59. The van der Waals surface area contributed by atoms with E-state index in [1.807, 2.05) is 37.3 Å². The van der Waals surface area contributed by atoms with Crippen LogP contribution in [0.5, 0.6) is 0 Å². The van der Waals surface area contributed by atoms with Crippen LogP contribution in [-0.4, -0.2) is 24.5 Å². The van der Waals surface area contributed by atoms with Crippen molar-refractivity contribution in [2.24, 2.45) is 11.7 Å². The SMILES string of the molecule is CCOC(=O)C1CCC(NC(=O)C(N)c2ccccc2)CC1.Cl. The van der Waals surface area contributed by atoms with E-state index in [1.54, 1.807) is 0 Å². The highest BCUT2D eigenvalue weighted by atomic mass is 35.5. The molecule has 6 heteroatoms. The quantitative estimate of drug-likeness (QED) is 0.806. The number of amides is 1. The molecule has 1 fully saturated rings. The predicted molar refractivity (Wildman–Crippen MR) is 91.1 cm³/mol. The smallest absolute Gasteiger partial charge is 0.308 e. The fraction of sp³-hybridized carbons (Fsp3) is 0.529. The van der Waals surface area contributed by atoms with Crippen molar-refractivity contribution in [3.8, 4) is 0 Å². The minimum atomic E-state index is -0.649. The molecule has 1 aromatic carbocycles. The average Bonchev–Trinajstić information content (AvgIpc) is 2.55. The van der Waals surface area contributed by atoms with Crippen LogP contribution in [0.2, 0.25) is 0 Å². The van der Waals surface area contributed by atoms with Crippen LogP contribution in [0.3, 0.4) is 0 Å². The van der Waals surface area contributed by atoms with Crippen molar-refractivity contribution < 1.29 is 14.3 Å². The number of halogens is 1. The number of nitrogens with one attached hydrogen (secondary N) is 1. The third-order valence-corrected chi connectivity index (χ3v) is 4.13. The Bertz CT molecular complexity index is 502. The summed E-state index contributed by atoms with van der Waals surface area (Å²) in [5.74, 6) is -0.310. The number of hydrogen-bond acceptors (Lipinski definition) is 4. The topological polar surface area (TPSA) is 81.4 Å². The summed E-state index contributed by atoms with van der Waals surface area (Å²) in [6.07, 6.45) is 3.09. The zero-order chi connectivity index (χ0) is 15.9. The van der Waals surface area contributed by atoms with E-state index in [9.17, 15) is 9.59 Å². The Morgan fingerprint density at radius 2 is 1.83 bits per heavy atom. The first-order valence-corrected chi connectivity index (χ1v) is 7.89. The molecule has 0 saturated heterocycles. The lowest BCUT2D eigenvalue weighted by Crippen LogP contribution is -2.43. The molecule has 1 aliphatic rings. The molecule has 1 unspecified atom stereocenters. The molecule has 128 valence electrons. The molecule has 23 heavy (non-hydrogen) atoms. The van der Waals surface area contributed by atoms with E-state index in [4.69, 9.17) is 10.5 Å². The molecule has 5 nitrogen and oxygen atoms in total. The Balaban J connectivity index is 0.00000264. The largest absolute Gasteiger partial charge is 0.466 e. The first-order chi connectivity index (χ1) is 10.6. The molecule has 1 atom stereocenters. The van der Waals surface area contributed by atoms with Crippen LogP contribution in [-0.2, 0) is 14.3 Å². The number of rotatable bonds is 5. The molecule has 0 spiro atoms. The van der Waals surface area contributed by atoms with Gasteiger partial charge in [0.1, 0.15) is 6.04 Å². The number of esters is 1. The molecular formula is C17H25ClN2O3. The highest BCUT2D eigenvalue weighted by Crippen LogP contribution is 2.25. The van der Waals surface area contributed by atoms with E-state index in [0.717, 1.165) is 31.2 Å². The average molecular weight is 341 g/mol. The number of hydrogen-bond donors (Lipinski definition) is 2. The minimum Gasteiger partial charge on any atom is -0.466 e. The summed E-state index contributed by atoms with van der Waals surface area (Å²) in [4.78, 5) is 23.9. The van der Waals surface area contributed by atoms with Crippen molar-refractivity contribution in [1.29, 1.82) is 0 Å². The fourth-order valence-corrected chi connectivity index (χ4v) is 2.84. The van der Waals surface area contributed by atoms with Crippen LogP contribution in [0.15, 0.2) is 30.3 Å². The van der Waals surface area contributed by atoms with Crippen molar-refractivity contribution in [2.45, 2.75) is 44.7 Å². The molecule has 2 rings (SSSR count). The highest BCUT2D eigenvalue weighted by molar-refractivity contribution is 5.85. The second kappa shape index (κ2) is 9.53. The van der Waals surface area contributed by atoms with E-state index in [1.165, 1.54) is 0 Å². The van der Waals surface area contributed by atoms with Gasteiger partial charge in [-0.2, -0.15) is 0 Å². The van der Waals surface area contributed by atoms with E-state index < -0.39 is 6.04 Å². The van der Waals surface area contributed by atoms with Crippen LogP contribution in [0.1, 0.15) is 44.2 Å². The van der Waals surface area contributed by atoms with Gasteiger partial charge in [-0.25, -0.2) is 0 Å². The normalized spacial score (nSPS) is 21.7. The maximum absolute atomic E-state index is 12.2. The molecule has 1 saturated carbocycles. The Labute approximate surface area is 143 Å². The number of carbonyl (C=O) groups is 2. The number of nitrogens with two attached hydrogens (primary N) is 1. The molecule has 1 amide bonds. The Morgan fingerprint density at radius 1 is 1.22 bits per heavy atom. The van der Waals surface area contributed by atoms with Gasteiger partial charge in [0.05, 0.1) is 12.5 Å². The lowest BCUT2D eigenvalue weighted by Gasteiger charge is -2.28. The maximum Gasteiger partial charge on any atom is 0.308 e. The van der Waals surface area contributed by atoms with Gasteiger partial charge >= 0.3 is 5.97 Å². The summed E-state index contributed by atoms with van der Waals surface area (Å²) in [6, 6.07) is 8.77. The number of benzene rings is 1. The van der Waals surface area contributed by atoms with Crippen molar-refractivity contribution in [3.63, 3.8) is 0 Å². The lowest BCUT2D eigenvalue weighted by atomic mass is 9.86. The molecular weight excluding hydrogens is 316 g/mol. The Morgan fingerprint density at radius 3 is 2.39 bits per heavy atom. The summed E-state index contributed by atoms with van der Waals surface area (Å²) in [5, 5.41) is 2.99. The molecule has 0 radical (unpaired) electrons. The first-order valence-electron chi connectivity index (χ1n) is 7.89. The number of ether oxygens (including phenoxy) is 1. The summed E-state index contributed by atoms with van der Waals surface area (Å²) in [6.45, 7) is 2.23. The zero-order valence-electron chi connectivity index (χ0n) is 13.4. The standard InChI is InChI=1S/C17H24N2O3.ClH/c1-2-22-17(21)13-8-10-14(11-9-13)19-16(20)15(18)12-6-4-3-5-7-12;/h3-7,13-15H,2,8-11,18H2,1H3,(H,19,20);1H. The van der Waals surface area contributed by atoms with Crippen LogP contribution in [0.25, 0.3) is 0 Å². The van der Waals surface area contributed by atoms with E-state index in [2.05, 4.69) is 5.32 Å². The van der Waals surface area contributed by atoms with Gasteiger partial charge in [-0.15, -0.1) is 12.4 Å². The van der Waals surface area contributed by atoms with E-state index >= 15 is 0 Å². The lowest BCUT2D eigenvalue weighted by molar-refractivity contribution is -0.149. The maximum atomic E-state index is 12.2. The predicted octanol–water partition coefficient (Wildman–Crippen LogP) is 2.35. The van der Waals surface area contributed by atoms with E-state index in [0.29, 0.717) is 6.61 Å². The van der Waals surface area contributed by atoms with Crippen molar-refractivity contribution in [2.75, 3.05) is 6.61 Å². The van der Waals surface area contributed by atoms with Crippen molar-refractivity contribution in [1.82, 2.24) is 5.32 Å². The molecule has 1 aromatic rings. The van der Waals surface area contributed by atoms with Crippen molar-refractivity contribution >= 4 is 24.3 Å². The van der Waals surface area contributed by atoms with Crippen molar-refractivity contribution in [3.05, 3.63) is 35.9 Å². The molecule has 1 aliphatic carbocycles. The third kappa shape index (κ3) is 5.52. The van der Waals surface area contributed by atoms with Crippen LogP contribution < -0.4 is 11.1 Å². The second-order valence-electron chi connectivity index (χ2n) is 5.70. The van der Waals surface area contributed by atoms with Gasteiger partial charge in [-0.05, 0) is 38.2 Å². The van der Waals surface area contributed by atoms with Gasteiger partial charge in [0.25, 0.3) is 0 Å². The van der Waals surface area contributed by atoms with Gasteiger partial charge < -0.3 is 15.8 Å². The van der Waals surface area contributed by atoms with Crippen LogP contribution in [0, 0.1) is 5.92 Å². The Kier molecular flexibility index (Phi) is 8.06. The van der Waals surface area contributed by atoms with Gasteiger partial charge in [0, 0.05) is 6.04 Å². The molecule has 0 aliphatic heterocycles. The summed E-state index contributed by atoms with van der Waals surface area (Å²) in [5.41, 5.74) is 6.79. The summed E-state index contributed by atoms with van der Waals surface area (Å²) < 4.78 is 5.05. The van der Waals surface area contributed by atoms with Crippen LogP contribution in [0.4, 0.5) is 0 Å². The first kappa shape index (κ1) is 19.5. The molecule has 3 N–H and O–H groups in total. The fourth-order valence-electron chi connectivity index (χ4n) is 2.84. The zero-order valence-corrected chi connectivity index (χ0v) is 14.2. The molecule has 0 aromatic heterocycles. The molecule has 0 bridgehead atoms. The van der Waals surface area contributed by atoms with Gasteiger partial charge in [-0.3, -0.25) is 9.59 Å². The van der Waals surface area contributed by atoms with Gasteiger partial charge in [-0.1, -0.05) is 30.3 Å². The summed E-state index contributed by atoms with van der Waals surface area (Å²) in [7, 11) is 0. The van der Waals surface area contributed by atoms with E-state index in [-0.39, 0.29) is 36.2 Å². The number of carbonyl (C=O) groups excluding carboxylic acids is 2. The summed E-state index contributed by atoms with van der Waals surface area (Å²) >= 11 is 0. The highest BCUT2D eigenvalue weighted by Gasteiger charge is 2.29.